The third-order valence-corrected chi connectivity index (χ3v) is 7.17. The molecule has 0 saturated carbocycles. The number of nitrogen functional groups attached to an aromatic ring is 1. The van der Waals surface area contributed by atoms with Crippen LogP contribution in [0.1, 0.15) is 33.5 Å². The maximum Gasteiger partial charge on any atom is 0.317 e. The Morgan fingerprint density at radius 1 is 1.00 bits per heavy atom. The number of nitrogens with one attached hydrogen (secondary N) is 1. The predicted molar refractivity (Wildman–Crippen MR) is 144 cm³/mol. The second-order valence-electron chi connectivity index (χ2n) is 9.02. The van der Waals surface area contributed by atoms with Gasteiger partial charge in [0, 0.05) is 62.3 Å². The largest absolute Gasteiger partial charge is 0.398 e. The van der Waals surface area contributed by atoms with Gasteiger partial charge >= 0.3 is 6.03 Å². The Morgan fingerprint density at radius 2 is 1.75 bits per heavy atom. The van der Waals surface area contributed by atoms with Crippen LogP contribution >= 0.6 is 11.3 Å². The van der Waals surface area contributed by atoms with Crippen LogP contribution in [-0.4, -0.2) is 61.0 Å². The minimum Gasteiger partial charge on any atom is -0.398 e. The van der Waals surface area contributed by atoms with Crippen molar-refractivity contribution in [3.8, 4) is 0 Å². The summed E-state index contributed by atoms with van der Waals surface area (Å²) in [4.78, 5) is 30.0. The first-order valence-corrected chi connectivity index (χ1v) is 13.3. The number of thiophene rings is 1. The van der Waals surface area contributed by atoms with Crippen LogP contribution in [0, 0.1) is 0 Å². The number of carbonyl (C=O) groups is 2. The summed E-state index contributed by atoms with van der Waals surface area (Å²) in [5, 5.41) is 6.83. The fraction of sp³-hybridized carbons (Fsp3) is 0.357. The van der Waals surface area contributed by atoms with Gasteiger partial charge in [-0.25, -0.2) is 4.79 Å². The van der Waals surface area contributed by atoms with Crippen molar-refractivity contribution in [1.29, 1.82) is 0 Å². The number of hydrogen-bond donors (Lipinski definition) is 2. The van der Waals surface area contributed by atoms with E-state index in [2.05, 4.69) is 10.2 Å². The molecular formula is C28H34N4O3S. The van der Waals surface area contributed by atoms with Gasteiger partial charge in [0.25, 0.3) is 0 Å². The molecule has 2 amide bonds. The number of rotatable bonds is 11. The Kier molecular flexibility index (Phi) is 9.49. The van der Waals surface area contributed by atoms with Gasteiger partial charge in [0.05, 0.1) is 13.2 Å². The highest BCUT2D eigenvalue weighted by atomic mass is 32.1. The van der Waals surface area contributed by atoms with Gasteiger partial charge in [0.1, 0.15) is 0 Å². The van der Waals surface area contributed by atoms with Crippen LogP contribution in [0.15, 0.2) is 65.4 Å². The first-order valence-electron chi connectivity index (χ1n) is 12.4. The summed E-state index contributed by atoms with van der Waals surface area (Å²) in [6.45, 7) is 5.96. The zero-order chi connectivity index (χ0) is 25.2. The Labute approximate surface area is 216 Å². The first-order chi connectivity index (χ1) is 17.6. The highest BCUT2D eigenvalue weighted by Crippen LogP contribution is 2.20. The lowest BCUT2D eigenvalue weighted by atomic mass is 10.0. The number of ether oxygens (including phenoxy) is 1. The van der Waals surface area contributed by atoms with Crippen molar-refractivity contribution in [1.82, 2.24) is 15.1 Å². The van der Waals surface area contributed by atoms with Gasteiger partial charge in [-0.05, 0) is 28.5 Å². The summed E-state index contributed by atoms with van der Waals surface area (Å²) < 4.78 is 5.43. The molecule has 0 unspecified atom stereocenters. The van der Waals surface area contributed by atoms with Crippen molar-refractivity contribution >= 4 is 28.8 Å². The number of urea groups is 1. The lowest BCUT2D eigenvalue weighted by Gasteiger charge is -2.28. The average Bonchev–Trinajstić information content (AvgIpc) is 3.32. The highest BCUT2D eigenvalue weighted by molar-refractivity contribution is 7.08. The van der Waals surface area contributed by atoms with Crippen molar-refractivity contribution in [3.63, 3.8) is 0 Å². The van der Waals surface area contributed by atoms with E-state index in [-0.39, 0.29) is 11.8 Å². The van der Waals surface area contributed by atoms with E-state index in [0.717, 1.165) is 56.0 Å². The van der Waals surface area contributed by atoms with E-state index in [0.29, 0.717) is 37.3 Å². The van der Waals surface area contributed by atoms with E-state index in [1.54, 1.807) is 0 Å². The highest BCUT2D eigenvalue weighted by Gasteiger charge is 2.17. The van der Waals surface area contributed by atoms with Crippen molar-refractivity contribution in [3.05, 3.63) is 87.6 Å². The zero-order valence-corrected chi connectivity index (χ0v) is 21.3. The normalized spacial score (nSPS) is 13.9. The molecule has 36 heavy (non-hydrogen) atoms. The summed E-state index contributed by atoms with van der Waals surface area (Å²) in [6.07, 6.45) is 1.18. The van der Waals surface area contributed by atoms with Gasteiger partial charge in [0.15, 0.2) is 5.78 Å². The number of hydrogen-bond acceptors (Lipinski definition) is 6. The molecule has 0 radical (unpaired) electrons. The van der Waals surface area contributed by atoms with Crippen LogP contribution in [0.5, 0.6) is 0 Å². The van der Waals surface area contributed by atoms with Crippen molar-refractivity contribution in [2.75, 3.05) is 45.1 Å². The molecule has 8 heteroatoms. The van der Waals surface area contributed by atoms with E-state index in [4.69, 9.17) is 10.5 Å². The van der Waals surface area contributed by atoms with Gasteiger partial charge in [-0.15, -0.1) is 11.3 Å². The van der Waals surface area contributed by atoms with Gasteiger partial charge in [-0.2, -0.15) is 0 Å². The summed E-state index contributed by atoms with van der Waals surface area (Å²) in [5.41, 5.74) is 10.2. The Hall–Kier alpha value is -3.20. The van der Waals surface area contributed by atoms with Crippen LogP contribution in [0.4, 0.5) is 10.5 Å². The third kappa shape index (κ3) is 7.65. The molecule has 1 saturated heterocycles. The Morgan fingerprint density at radius 3 is 2.44 bits per heavy atom. The molecule has 0 spiro atoms. The molecule has 3 aromatic rings. The van der Waals surface area contributed by atoms with E-state index < -0.39 is 0 Å². The molecule has 4 rings (SSSR count). The van der Waals surface area contributed by atoms with Crippen LogP contribution in [0.3, 0.4) is 0 Å². The zero-order valence-electron chi connectivity index (χ0n) is 20.5. The van der Waals surface area contributed by atoms with Crippen LogP contribution in [-0.2, 0) is 24.2 Å². The molecule has 2 heterocycles. The molecule has 1 aliphatic heterocycles. The summed E-state index contributed by atoms with van der Waals surface area (Å²) in [7, 11) is 0. The fourth-order valence-corrected chi connectivity index (χ4v) is 4.97. The minimum absolute atomic E-state index is 0.0367. The van der Waals surface area contributed by atoms with E-state index >= 15 is 0 Å². The maximum atomic E-state index is 13.1. The molecule has 0 atom stereocenters. The smallest absolute Gasteiger partial charge is 0.317 e. The molecule has 3 N–H and O–H groups in total. The second kappa shape index (κ2) is 13.2. The number of nitrogens with zero attached hydrogens (tertiary/aromatic N) is 2. The molecule has 1 aromatic heterocycles. The minimum atomic E-state index is -0.0890. The van der Waals surface area contributed by atoms with Gasteiger partial charge in [-0.1, -0.05) is 54.6 Å². The monoisotopic (exact) mass is 506 g/mol. The van der Waals surface area contributed by atoms with E-state index in [9.17, 15) is 9.59 Å². The van der Waals surface area contributed by atoms with Crippen molar-refractivity contribution in [2.24, 2.45) is 0 Å². The standard InChI is InChI=1S/C28H34N4O3S/c29-26-21-36-20-25(26)17-27(33)24-9-7-23(8-10-24)19-32(12-4-11-31-13-15-35-16-14-31)28(34)30-18-22-5-2-1-3-6-22/h1-3,5-10,20-21H,4,11-19,29H2,(H,30,34). The molecule has 190 valence electrons. The molecule has 2 aromatic carbocycles. The van der Waals surface area contributed by atoms with E-state index in [1.165, 1.54) is 11.3 Å². The van der Waals surface area contributed by atoms with Crippen molar-refractivity contribution in [2.45, 2.75) is 25.9 Å². The number of benzene rings is 2. The molecule has 7 nitrogen and oxygen atoms in total. The number of ketones is 1. The molecule has 1 aliphatic rings. The molecule has 0 bridgehead atoms. The SMILES string of the molecule is Nc1cscc1CC(=O)c1ccc(CN(CCCN2CCOCC2)C(=O)NCc2ccccc2)cc1. The topological polar surface area (TPSA) is 87.9 Å². The number of carbonyl (C=O) groups excluding carboxylic acids is 2. The van der Waals surface area contributed by atoms with Crippen molar-refractivity contribution < 1.29 is 14.3 Å². The predicted octanol–water partition coefficient (Wildman–Crippen LogP) is 4.19. The summed E-state index contributed by atoms with van der Waals surface area (Å²) in [6, 6.07) is 17.4. The van der Waals surface area contributed by atoms with Crippen LogP contribution < -0.4 is 11.1 Å². The van der Waals surface area contributed by atoms with Gasteiger partial charge < -0.3 is 20.7 Å². The molecule has 0 aliphatic carbocycles. The maximum absolute atomic E-state index is 13.1. The molecular weight excluding hydrogens is 472 g/mol. The number of anilines is 1. The molecule has 1 fully saturated rings. The van der Waals surface area contributed by atoms with Gasteiger partial charge in [0.2, 0.25) is 0 Å². The number of Topliss-reactive ketones (excluding diaryl/α,β-unsaturated/α-hetero) is 1. The summed E-state index contributed by atoms with van der Waals surface area (Å²) >= 11 is 1.50. The Bertz CT molecular complexity index is 1110. The lowest BCUT2D eigenvalue weighted by molar-refractivity contribution is 0.0364. The fourth-order valence-electron chi connectivity index (χ4n) is 4.22. The van der Waals surface area contributed by atoms with E-state index in [1.807, 2.05) is 70.3 Å². The second-order valence-corrected chi connectivity index (χ2v) is 9.77. The quantitative estimate of drug-likeness (QED) is 0.381. The third-order valence-electron chi connectivity index (χ3n) is 6.36. The lowest BCUT2D eigenvalue weighted by Crippen LogP contribution is -2.42. The number of morpholine rings is 1. The van der Waals surface area contributed by atoms with Gasteiger partial charge in [-0.3, -0.25) is 9.69 Å². The van der Waals surface area contributed by atoms with Crippen LogP contribution in [0.25, 0.3) is 0 Å². The average molecular weight is 507 g/mol. The summed E-state index contributed by atoms with van der Waals surface area (Å²) in [5.74, 6) is 0.0367. The number of amides is 2. The Balaban J connectivity index is 1.36. The van der Waals surface area contributed by atoms with Crippen LogP contribution in [0.2, 0.25) is 0 Å². The first kappa shape index (κ1) is 25.9. The number of nitrogens with two attached hydrogens (primary N) is 1.